The molecule has 0 N–H and O–H groups in total. The Balaban J connectivity index is 2.27. The predicted octanol–water partition coefficient (Wildman–Crippen LogP) is 2.72. The quantitative estimate of drug-likeness (QED) is 0.736. The Morgan fingerprint density at radius 3 is 2.25 bits per heavy atom. The summed E-state index contributed by atoms with van der Waals surface area (Å²) in [6, 6.07) is 8.11. The monoisotopic (exact) mass is 213 g/mol. The van der Waals surface area contributed by atoms with Gasteiger partial charge in [-0.2, -0.15) is 4.91 Å². The lowest BCUT2D eigenvalue weighted by molar-refractivity contribution is 0.904. The molecule has 2 aromatic rings. The minimum Gasteiger partial charge on any atom is -0.239 e. The van der Waals surface area contributed by atoms with Gasteiger partial charge in [-0.15, -0.1) is 0 Å². The first-order chi connectivity index (χ1) is 7.79. The molecule has 0 unspecified atom stereocenters. The van der Waals surface area contributed by atoms with Crippen LogP contribution in [-0.4, -0.2) is 9.97 Å². The van der Waals surface area contributed by atoms with Crippen molar-refractivity contribution >= 4 is 0 Å². The van der Waals surface area contributed by atoms with Crippen molar-refractivity contribution in [2.75, 3.05) is 0 Å². The van der Waals surface area contributed by atoms with E-state index in [0.717, 1.165) is 11.1 Å². The summed E-state index contributed by atoms with van der Waals surface area (Å²) >= 11 is 0. The Kier molecular flexibility index (Phi) is 3.00. The Morgan fingerprint density at radius 1 is 1.06 bits per heavy atom. The highest BCUT2D eigenvalue weighted by atomic mass is 16.3. The standard InChI is InChI=1S/C12H11N3O/c1-9-2-4-10(5-3-9)11-6-13-12(8-15-16)14-7-11/h2-7H,8H2,1H3. The van der Waals surface area contributed by atoms with E-state index in [1.165, 1.54) is 5.56 Å². The third kappa shape index (κ3) is 2.28. The van der Waals surface area contributed by atoms with Gasteiger partial charge in [0.05, 0.1) is 0 Å². The molecule has 1 aromatic carbocycles. The molecule has 0 fully saturated rings. The number of hydrogen-bond acceptors (Lipinski definition) is 4. The molecule has 0 aliphatic carbocycles. The Morgan fingerprint density at radius 2 is 1.69 bits per heavy atom. The lowest BCUT2D eigenvalue weighted by atomic mass is 10.1. The molecule has 0 saturated carbocycles. The molecule has 4 heteroatoms. The summed E-state index contributed by atoms with van der Waals surface area (Å²) in [6.45, 7) is 2.06. The van der Waals surface area contributed by atoms with Crippen LogP contribution >= 0.6 is 0 Å². The van der Waals surface area contributed by atoms with E-state index in [1.54, 1.807) is 12.4 Å². The fourth-order valence-corrected chi connectivity index (χ4v) is 1.39. The van der Waals surface area contributed by atoms with Gasteiger partial charge >= 0.3 is 0 Å². The first kappa shape index (κ1) is 10.4. The van der Waals surface area contributed by atoms with Crippen LogP contribution in [0.25, 0.3) is 11.1 Å². The Labute approximate surface area is 93.4 Å². The van der Waals surface area contributed by atoms with Crippen LogP contribution in [0.15, 0.2) is 41.8 Å². The highest BCUT2D eigenvalue weighted by molar-refractivity contribution is 5.61. The van der Waals surface area contributed by atoms with E-state index in [2.05, 4.69) is 15.1 Å². The van der Waals surface area contributed by atoms with Gasteiger partial charge in [-0.05, 0) is 12.5 Å². The normalized spacial score (nSPS) is 10.1. The van der Waals surface area contributed by atoms with Gasteiger partial charge in [0.15, 0.2) is 5.82 Å². The van der Waals surface area contributed by atoms with Gasteiger partial charge in [0.2, 0.25) is 0 Å². The maximum atomic E-state index is 10.0. The van der Waals surface area contributed by atoms with Crippen molar-refractivity contribution in [3.63, 3.8) is 0 Å². The average molecular weight is 213 g/mol. The number of nitroso groups, excluding NO2 is 1. The highest BCUT2D eigenvalue weighted by Crippen LogP contribution is 2.17. The Bertz CT molecular complexity index is 477. The van der Waals surface area contributed by atoms with Crippen LogP contribution < -0.4 is 0 Å². The summed E-state index contributed by atoms with van der Waals surface area (Å²) in [5.41, 5.74) is 3.22. The lowest BCUT2D eigenvalue weighted by Gasteiger charge is -2.01. The van der Waals surface area contributed by atoms with E-state index >= 15 is 0 Å². The van der Waals surface area contributed by atoms with Crippen LogP contribution in [0.1, 0.15) is 11.4 Å². The van der Waals surface area contributed by atoms with Crippen LogP contribution in [0.4, 0.5) is 0 Å². The minimum absolute atomic E-state index is 0.0220. The summed E-state index contributed by atoms with van der Waals surface area (Å²) in [4.78, 5) is 18.2. The molecule has 4 nitrogen and oxygen atoms in total. The minimum atomic E-state index is 0.0220. The fourth-order valence-electron chi connectivity index (χ4n) is 1.39. The summed E-state index contributed by atoms with van der Waals surface area (Å²) in [6.07, 6.45) is 3.41. The topological polar surface area (TPSA) is 55.2 Å². The number of rotatable bonds is 3. The molecule has 0 radical (unpaired) electrons. The molecular weight excluding hydrogens is 202 g/mol. The zero-order chi connectivity index (χ0) is 11.4. The maximum absolute atomic E-state index is 10.0. The van der Waals surface area contributed by atoms with Gasteiger partial charge in [0.25, 0.3) is 0 Å². The molecule has 0 amide bonds. The van der Waals surface area contributed by atoms with Crippen molar-refractivity contribution in [2.24, 2.45) is 5.18 Å². The smallest absolute Gasteiger partial charge is 0.153 e. The van der Waals surface area contributed by atoms with E-state index in [4.69, 9.17) is 0 Å². The second kappa shape index (κ2) is 4.61. The van der Waals surface area contributed by atoms with Gasteiger partial charge in [-0.25, -0.2) is 9.97 Å². The molecule has 1 aromatic heterocycles. The molecule has 0 spiro atoms. The largest absolute Gasteiger partial charge is 0.239 e. The Hall–Kier alpha value is -2.10. The van der Waals surface area contributed by atoms with Gasteiger partial charge < -0.3 is 0 Å². The van der Waals surface area contributed by atoms with Crippen molar-refractivity contribution < 1.29 is 0 Å². The molecule has 2 rings (SSSR count). The summed E-state index contributed by atoms with van der Waals surface area (Å²) in [5, 5.41) is 2.74. The van der Waals surface area contributed by atoms with Crippen molar-refractivity contribution in [3.05, 3.63) is 53.0 Å². The molecule has 16 heavy (non-hydrogen) atoms. The van der Waals surface area contributed by atoms with Crippen LogP contribution in [-0.2, 0) is 6.54 Å². The maximum Gasteiger partial charge on any atom is 0.153 e. The summed E-state index contributed by atoms with van der Waals surface area (Å²) in [5.74, 6) is 0.450. The zero-order valence-electron chi connectivity index (χ0n) is 8.92. The van der Waals surface area contributed by atoms with E-state index in [1.807, 2.05) is 31.2 Å². The van der Waals surface area contributed by atoms with Crippen LogP contribution in [0.5, 0.6) is 0 Å². The number of nitrogens with zero attached hydrogens (tertiary/aromatic N) is 3. The van der Waals surface area contributed by atoms with E-state index in [0.29, 0.717) is 5.82 Å². The SMILES string of the molecule is Cc1ccc(-c2cnc(CN=O)nc2)cc1. The van der Waals surface area contributed by atoms with Crippen molar-refractivity contribution in [1.82, 2.24) is 9.97 Å². The third-order valence-corrected chi connectivity index (χ3v) is 2.30. The number of hydrogen-bond donors (Lipinski definition) is 0. The zero-order valence-corrected chi connectivity index (χ0v) is 8.92. The first-order valence-electron chi connectivity index (χ1n) is 4.96. The van der Waals surface area contributed by atoms with Crippen LogP contribution in [0.3, 0.4) is 0 Å². The molecule has 0 saturated heterocycles. The first-order valence-corrected chi connectivity index (χ1v) is 4.96. The number of aryl methyl sites for hydroxylation is 1. The summed E-state index contributed by atoms with van der Waals surface area (Å²) in [7, 11) is 0. The molecule has 0 aliphatic rings. The number of benzene rings is 1. The lowest BCUT2D eigenvalue weighted by Crippen LogP contribution is -1.92. The fraction of sp³-hybridized carbons (Fsp3) is 0.167. The average Bonchev–Trinajstić information content (AvgIpc) is 2.32. The van der Waals surface area contributed by atoms with Crippen LogP contribution in [0, 0.1) is 11.8 Å². The predicted molar refractivity (Wildman–Crippen MR) is 61.7 cm³/mol. The molecule has 80 valence electrons. The van der Waals surface area contributed by atoms with Gasteiger partial charge in [-0.3, -0.25) is 0 Å². The molecule has 0 atom stereocenters. The van der Waals surface area contributed by atoms with Gasteiger partial charge in [-0.1, -0.05) is 35.0 Å². The second-order valence-electron chi connectivity index (χ2n) is 3.54. The van der Waals surface area contributed by atoms with Gasteiger partial charge in [0, 0.05) is 18.0 Å². The third-order valence-electron chi connectivity index (χ3n) is 2.30. The number of aromatic nitrogens is 2. The van der Waals surface area contributed by atoms with Crippen molar-refractivity contribution in [3.8, 4) is 11.1 Å². The van der Waals surface area contributed by atoms with Gasteiger partial charge in [0.1, 0.15) is 6.54 Å². The molecular formula is C12H11N3O. The molecule has 0 aliphatic heterocycles. The van der Waals surface area contributed by atoms with Crippen molar-refractivity contribution in [1.29, 1.82) is 0 Å². The summed E-state index contributed by atoms with van der Waals surface area (Å²) < 4.78 is 0. The van der Waals surface area contributed by atoms with Crippen LogP contribution in [0.2, 0.25) is 0 Å². The highest BCUT2D eigenvalue weighted by Gasteiger charge is 2.00. The van der Waals surface area contributed by atoms with E-state index < -0.39 is 0 Å². The van der Waals surface area contributed by atoms with Crippen molar-refractivity contribution in [2.45, 2.75) is 13.5 Å². The van der Waals surface area contributed by atoms with E-state index in [9.17, 15) is 4.91 Å². The second-order valence-corrected chi connectivity index (χ2v) is 3.54. The molecule has 0 bridgehead atoms. The molecule has 1 heterocycles. The van der Waals surface area contributed by atoms with E-state index in [-0.39, 0.29) is 6.54 Å².